The van der Waals surface area contributed by atoms with Crippen molar-refractivity contribution in [2.45, 2.75) is 58.2 Å². The molecule has 5 rings (SSSR count). The van der Waals surface area contributed by atoms with Crippen LogP contribution in [0.15, 0.2) is 30.6 Å². The lowest BCUT2D eigenvalue weighted by Crippen LogP contribution is -2.30. The molecular weight excluding hydrogens is 418 g/mol. The molecule has 1 saturated carbocycles. The average molecular weight is 450 g/mol. The third-order valence-electron chi connectivity index (χ3n) is 6.40. The van der Waals surface area contributed by atoms with Crippen LogP contribution < -0.4 is 5.32 Å². The number of aryl methyl sites for hydroxylation is 1. The zero-order valence-corrected chi connectivity index (χ0v) is 19.5. The minimum atomic E-state index is 0.383. The summed E-state index contributed by atoms with van der Waals surface area (Å²) < 4.78 is 15.0. The summed E-state index contributed by atoms with van der Waals surface area (Å²) in [5, 5.41) is 8.20. The van der Waals surface area contributed by atoms with Crippen LogP contribution in [0.1, 0.15) is 38.4 Å². The van der Waals surface area contributed by atoms with E-state index in [1.165, 1.54) is 0 Å². The molecule has 174 valence electrons. The van der Waals surface area contributed by atoms with Gasteiger partial charge in [-0.15, -0.1) is 5.10 Å². The number of nitrogens with zero attached hydrogens (tertiary/aromatic N) is 6. The van der Waals surface area contributed by atoms with Crippen molar-refractivity contribution in [3.05, 3.63) is 36.4 Å². The fraction of sp³-hybridized carbons (Fsp3) is 0.500. The summed E-state index contributed by atoms with van der Waals surface area (Å²) >= 11 is 0. The van der Waals surface area contributed by atoms with Gasteiger partial charge in [-0.3, -0.25) is 0 Å². The Morgan fingerprint density at radius 3 is 2.76 bits per heavy atom. The van der Waals surface area contributed by atoms with E-state index in [4.69, 9.17) is 19.6 Å². The van der Waals surface area contributed by atoms with Crippen LogP contribution in [0.25, 0.3) is 27.9 Å². The number of hydrogen-bond acceptors (Lipinski definition) is 7. The molecule has 0 saturated heterocycles. The number of hydrogen-bond donors (Lipinski definition) is 1. The van der Waals surface area contributed by atoms with Crippen molar-refractivity contribution in [1.29, 1.82) is 0 Å². The Balaban J connectivity index is 1.37. The van der Waals surface area contributed by atoms with Gasteiger partial charge in [0.1, 0.15) is 11.3 Å². The summed E-state index contributed by atoms with van der Waals surface area (Å²) in [5.74, 6) is 1.59. The quantitative estimate of drug-likeness (QED) is 0.437. The fourth-order valence-corrected chi connectivity index (χ4v) is 4.69. The average Bonchev–Trinajstić information content (AvgIpc) is 3.38. The predicted molar refractivity (Wildman–Crippen MR) is 127 cm³/mol. The van der Waals surface area contributed by atoms with Gasteiger partial charge < -0.3 is 19.4 Å². The number of rotatable bonds is 8. The third kappa shape index (κ3) is 4.43. The van der Waals surface area contributed by atoms with Crippen molar-refractivity contribution >= 4 is 22.6 Å². The van der Waals surface area contributed by atoms with Crippen LogP contribution in [0.5, 0.6) is 0 Å². The van der Waals surface area contributed by atoms with E-state index >= 15 is 0 Å². The molecule has 0 spiro atoms. The first-order chi connectivity index (χ1) is 16.2. The molecule has 0 radical (unpaired) electrons. The SMILES string of the molecule is CCO[C@H]1CC[C@H](Nc2ncc3c(-c4ccc5nc(C)n(CCOC)c5n4)ccn3n2)CC1. The highest BCUT2D eigenvalue weighted by Crippen LogP contribution is 2.27. The van der Waals surface area contributed by atoms with Gasteiger partial charge in [-0.1, -0.05) is 0 Å². The molecule has 0 amide bonds. The Hall–Kier alpha value is -3.04. The van der Waals surface area contributed by atoms with Crippen LogP contribution in [0.3, 0.4) is 0 Å². The molecule has 1 aliphatic rings. The molecule has 9 nitrogen and oxygen atoms in total. The minimum Gasteiger partial charge on any atom is -0.383 e. The van der Waals surface area contributed by atoms with E-state index in [1.54, 1.807) is 7.11 Å². The summed E-state index contributed by atoms with van der Waals surface area (Å²) in [7, 11) is 1.70. The first-order valence-corrected chi connectivity index (χ1v) is 11.7. The van der Waals surface area contributed by atoms with E-state index in [0.717, 1.165) is 72.6 Å². The number of fused-ring (bicyclic) bond motifs is 2. The maximum absolute atomic E-state index is 5.76. The first kappa shape index (κ1) is 21.8. The summed E-state index contributed by atoms with van der Waals surface area (Å²) in [6, 6.07) is 6.45. The van der Waals surface area contributed by atoms with Crippen molar-refractivity contribution in [2.75, 3.05) is 25.6 Å². The minimum absolute atomic E-state index is 0.383. The van der Waals surface area contributed by atoms with E-state index < -0.39 is 0 Å². The van der Waals surface area contributed by atoms with Crippen LogP contribution in [0.2, 0.25) is 0 Å². The normalized spacial score (nSPS) is 18.9. The van der Waals surface area contributed by atoms with Gasteiger partial charge in [-0.2, -0.15) is 0 Å². The van der Waals surface area contributed by atoms with E-state index in [2.05, 4.69) is 26.8 Å². The molecule has 0 aliphatic heterocycles. The van der Waals surface area contributed by atoms with E-state index in [0.29, 0.717) is 24.7 Å². The van der Waals surface area contributed by atoms with Gasteiger partial charge >= 0.3 is 0 Å². The van der Waals surface area contributed by atoms with Crippen LogP contribution in [0, 0.1) is 6.92 Å². The van der Waals surface area contributed by atoms with E-state index in [9.17, 15) is 0 Å². The van der Waals surface area contributed by atoms with Gasteiger partial charge in [0.2, 0.25) is 5.95 Å². The van der Waals surface area contributed by atoms with Gasteiger partial charge in [-0.25, -0.2) is 19.5 Å². The summed E-state index contributed by atoms with van der Waals surface area (Å²) in [4.78, 5) is 14.2. The fourth-order valence-electron chi connectivity index (χ4n) is 4.69. The van der Waals surface area contributed by atoms with E-state index in [-0.39, 0.29) is 0 Å². The highest BCUT2D eigenvalue weighted by atomic mass is 16.5. The molecular formula is C24H31N7O2. The monoisotopic (exact) mass is 449 g/mol. The Kier molecular flexibility index (Phi) is 6.24. The molecule has 1 N–H and O–H groups in total. The van der Waals surface area contributed by atoms with Crippen molar-refractivity contribution in [1.82, 2.24) is 29.1 Å². The van der Waals surface area contributed by atoms with Crippen molar-refractivity contribution < 1.29 is 9.47 Å². The lowest BCUT2D eigenvalue weighted by molar-refractivity contribution is 0.0346. The molecule has 9 heteroatoms. The zero-order valence-electron chi connectivity index (χ0n) is 19.5. The van der Waals surface area contributed by atoms with Crippen molar-refractivity contribution in [2.24, 2.45) is 0 Å². The third-order valence-corrected chi connectivity index (χ3v) is 6.40. The maximum atomic E-state index is 5.76. The molecule has 0 bridgehead atoms. The Morgan fingerprint density at radius 2 is 1.97 bits per heavy atom. The molecule has 1 aliphatic carbocycles. The van der Waals surface area contributed by atoms with Gasteiger partial charge in [0.05, 0.1) is 30.1 Å². The smallest absolute Gasteiger partial charge is 0.241 e. The Labute approximate surface area is 193 Å². The lowest BCUT2D eigenvalue weighted by atomic mass is 9.93. The second kappa shape index (κ2) is 9.44. The van der Waals surface area contributed by atoms with Gasteiger partial charge in [-0.05, 0) is 57.7 Å². The Morgan fingerprint density at radius 1 is 1.12 bits per heavy atom. The second-order valence-corrected chi connectivity index (χ2v) is 8.56. The van der Waals surface area contributed by atoms with Crippen molar-refractivity contribution in [3.8, 4) is 11.3 Å². The number of methoxy groups -OCH3 is 1. The van der Waals surface area contributed by atoms with Gasteiger partial charge in [0, 0.05) is 38.1 Å². The number of ether oxygens (including phenoxy) is 2. The lowest BCUT2D eigenvalue weighted by Gasteiger charge is -2.28. The van der Waals surface area contributed by atoms with Crippen LogP contribution in [-0.4, -0.2) is 61.6 Å². The largest absolute Gasteiger partial charge is 0.383 e. The van der Waals surface area contributed by atoms with Crippen LogP contribution in [0.4, 0.5) is 5.95 Å². The zero-order chi connectivity index (χ0) is 22.8. The maximum Gasteiger partial charge on any atom is 0.241 e. The number of pyridine rings is 1. The summed E-state index contributed by atoms with van der Waals surface area (Å²) in [6.45, 7) is 6.18. The standard InChI is InChI=1S/C24H31N7O2/c1-4-33-18-7-5-17(6-8-18)27-24-25-15-22-19(11-12-31(22)29-24)20-9-10-21-23(28-20)30(13-14-32-3)16(2)26-21/h9-12,15,17-18H,4-8,13-14H2,1-3H3,(H,27,29)/t17-,18-. The van der Waals surface area contributed by atoms with E-state index in [1.807, 2.05) is 42.0 Å². The molecule has 4 heterocycles. The van der Waals surface area contributed by atoms with Gasteiger partial charge in [0.15, 0.2) is 5.65 Å². The molecule has 4 aromatic heterocycles. The molecule has 0 unspecified atom stereocenters. The number of anilines is 1. The molecule has 0 atom stereocenters. The topological polar surface area (TPSA) is 91.4 Å². The first-order valence-electron chi connectivity index (χ1n) is 11.7. The molecule has 1 fully saturated rings. The van der Waals surface area contributed by atoms with Crippen molar-refractivity contribution in [3.63, 3.8) is 0 Å². The highest BCUT2D eigenvalue weighted by Gasteiger charge is 2.22. The van der Waals surface area contributed by atoms with Gasteiger partial charge in [0.25, 0.3) is 0 Å². The molecule has 0 aromatic carbocycles. The second-order valence-electron chi connectivity index (χ2n) is 8.56. The predicted octanol–water partition coefficient (Wildman–Crippen LogP) is 3.86. The number of aromatic nitrogens is 6. The molecule has 4 aromatic rings. The Bertz CT molecular complexity index is 1240. The number of imidazole rings is 1. The number of nitrogens with one attached hydrogen (secondary N) is 1. The summed E-state index contributed by atoms with van der Waals surface area (Å²) in [5.41, 5.74) is 4.55. The highest BCUT2D eigenvalue weighted by molar-refractivity contribution is 5.82. The van der Waals surface area contributed by atoms with Crippen LogP contribution >= 0.6 is 0 Å². The van der Waals surface area contributed by atoms with Crippen LogP contribution in [-0.2, 0) is 16.0 Å². The summed E-state index contributed by atoms with van der Waals surface area (Å²) in [6.07, 6.45) is 8.53. The molecule has 33 heavy (non-hydrogen) atoms.